The predicted octanol–water partition coefficient (Wildman–Crippen LogP) is 0.343. The first-order valence-corrected chi connectivity index (χ1v) is 8.71. The predicted molar refractivity (Wildman–Crippen MR) is 97.7 cm³/mol. The van der Waals surface area contributed by atoms with E-state index in [4.69, 9.17) is 5.73 Å². The average molecular weight is 351 g/mol. The van der Waals surface area contributed by atoms with E-state index in [9.17, 15) is 4.79 Å². The zero-order valence-electron chi connectivity index (χ0n) is 14.4. The smallest absolute Gasteiger partial charge is 0.239 e. The van der Waals surface area contributed by atoms with Gasteiger partial charge in [-0.15, -0.1) is 15.3 Å². The van der Waals surface area contributed by atoms with E-state index >= 15 is 0 Å². The number of benzene rings is 1. The quantitative estimate of drug-likeness (QED) is 0.729. The minimum Gasteiger partial charge on any atom is -0.352 e. The van der Waals surface area contributed by atoms with Gasteiger partial charge in [-0.25, -0.2) is 0 Å². The number of amides is 1. The molecule has 1 aliphatic rings. The van der Waals surface area contributed by atoms with Gasteiger partial charge in [-0.05, 0) is 24.1 Å². The van der Waals surface area contributed by atoms with Crippen LogP contribution in [0.15, 0.2) is 48.8 Å². The Morgan fingerprint density at radius 1 is 1.08 bits per heavy atom. The maximum Gasteiger partial charge on any atom is 0.239 e. The highest BCUT2D eigenvalue weighted by Crippen LogP contribution is 2.15. The molecule has 2 aromatic heterocycles. The van der Waals surface area contributed by atoms with Gasteiger partial charge in [-0.2, -0.15) is 4.52 Å². The Morgan fingerprint density at radius 3 is 2.62 bits per heavy atom. The van der Waals surface area contributed by atoms with E-state index in [2.05, 4.69) is 20.2 Å². The third-order valence-corrected chi connectivity index (χ3v) is 4.68. The lowest BCUT2D eigenvalue weighted by atomic mass is 10.1. The van der Waals surface area contributed by atoms with Gasteiger partial charge >= 0.3 is 0 Å². The maximum atomic E-state index is 12.6. The Bertz CT molecular complexity index is 887. The number of piperazine rings is 1. The molecule has 8 nitrogen and oxygen atoms in total. The second-order valence-electron chi connectivity index (χ2n) is 6.43. The van der Waals surface area contributed by atoms with Crippen LogP contribution >= 0.6 is 0 Å². The lowest BCUT2D eigenvalue weighted by Crippen LogP contribution is -2.53. The van der Waals surface area contributed by atoms with Crippen molar-refractivity contribution in [2.45, 2.75) is 12.5 Å². The van der Waals surface area contributed by atoms with E-state index in [1.807, 2.05) is 47.4 Å². The highest BCUT2D eigenvalue weighted by molar-refractivity contribution is 5.82. The Morgan fingerprint density at radius 2 is 1.85 bits per heavy atom. The van der Waals surface area contributed by atoms with Crippen LogP contribution < -0.4 is 10.6 Å². The summed E-state index contributed by atoms with van der Waals surface area (Å²) >= 11 is 0. The van der Waals surface area contributed by atoms with Gasteiger partial charge in [-0.1, -0.05) is 30.3 Å². The van der Waals surface area contributed by atoms with Gasteiger partial charge in [0.15, 0.2) is 5.65 Å². The molecular formula is C18H21N7O. The fourth-order valence-corrected chi connectivity index (χ4v) is 3.23. The van der Waals surface area contributed by atoms with Crippen LogP contribution in [0.2, 0.25) is 0 Å². The third kappa shape index (κ3) is 3.36. The van der Waals surface area contributed by atoms with Gasteiger partial charge in [0.05, 0.1) is 6.04 Å². The van der Waals surface area contributed by atoms with Crippen LogP contribution in [0, 0.1) is 0 Å². The molecule has 134 valence electrons. The second kappa shape index (κ2) is 7.09. The van der Waals surface area contributed by atoms with Crippen LogP contribution in [-0.2, 0) is 11.2 Å². The number of anilines is 1. The fourth-order valence-electron chi connectivity index (χ4n) is 3.23. The van der Waals surface area contributed by atoms with E-state index in [0.29, 0.717) is 19.5 Å². The molecule has 1 aliphatic heterocycles. The van der Waals surface area contributed by atoms with Gasteiger partial charge in [-0.3, -0.25) is 4.79 Å². The topological polar surface area (TPSA) is 92.7 Å². The van der Waals surface area contributed by atoms with Crippen LogP contribution in [0.1, 0.15) is 5.56 Å². The largest absolute Gasteiger partial charge is 0.352 e. The Balaban J connectivity index is 1.35. The molecule has 1 fully saturated rings. The minimum absolute atomic E-state index is 0.00993. The van der Waals surface area contributed by atoms with Gasteiger partial charge in [0, 0.05) is 26.2 Å². The number of carbonyl (C=O) groups excluding carboxylic acids is 1. The number of aromatic nitrogens is 4. The van der Waals surface area contributed by atoms with Gasteiger partial charge in [0.1, 0.15) is 12.1 Å². The Hall–Kier alpha value is -3.00. The molecule has 3 heterocycles. The van der Waals surface area contributed by atoms with Crippen molar-refractivity contribution in [2.75, 3.05) is 31.1 Å². The summed E-state index contributed by atoms with van der Waals surface area (Å²) in [5.41, 5.74) is 7.94. The lowest BCUT2D eigenvalue weighted by molar-refractivity contribution is -0.132. The molecule has 4 rings (SSSR count). The average Bonchev–Trinajstić information content (AvgIpc) is 3.16. The van der Waals surface area contributed by atoms with Crippen molar-refractivity contribution in [3.8, 4) is 0 Å². The van der Waals surface area contributed by atoms with Gasteiger partial charge in [0.25, 0.3) is 0 Å². The molecule has 1 amide bonds. The van der Waals surface area contributed by atoms with E-state index < -0.39 is 6.04 Å². The highest BCUT2D eigenvalue weighted by atomic mass is 16.2. The monoisotopic (exact) mass is 351 g/mol. The molecule has 0 aliphatic carbocycles. The summed E-state index contributed by atoms with van der Waals surface area (Å²) in [5, 5.41) is 12.3. The molecule has 0 saturated carbocycles. The van der Waals surface area contributed by atoms with E-state index in [-0.39, 0.29) is 5.91 Å². The summed E-state index contributed by atoms with van der Waals surface area (Å²) in [6.45, 7) is 2.74. The molecule has 1 atom stereocenters. The molecule has 3 aromatic rings. The molecule has 1 unspecified atom stereocenters. The zero-order valence-corrected chi connectivity index (χ0v) is 14.4. The Kier molecular flexibility index (Phi) is 4.49. The van der Waals surface area contributed by atoms with Crippen molar-refractivity contribution in [1.82, 2.24) is 24.7 Å². The number of nitrogens with two attached hydrogens (primary N) is 1. The molecule has 26 heavy (non-hydrogen) atoms. The first-order chi connectivity index (χ1) is 12.7. The second-order valence-corrected chi connectivity index (χ2v) is 6.43. The summed E-state index contributed by atoms with van der Waals surface area (Å²) in [5.74, 6) is 0.869. The van der Waals surface area contributed by atoms with Crippen LogP contribution in [0.5, 0.6) is 0 Å². The summed E-state index contributed by atoms with van der Waals surface area (Å²) in [4.78, 5) is 16.6. The van der Waals surface area contributed by atoms with E-state index in [1.165, 1.54) is 0 Å². The van der Waals surface area contributed by atoms with Gasteiger partial charge in [0.2, 0.25) is 5.91 Å². The third-order valence-electron chi connectivity index (χ3n) is 4.68. The first-order valence-electron chi connectivity index (χ1n) is 8.71. The van der Waals surface area contributed by atoms with Crippen molar-refractivity contribution in [3.05, 3.63) is 54.4 Å². The van der Waals surface area contributed by atoms with Crippen molar-refractivity contribution < 1.29 is 4.79 Å². The van der Waals surface area contributed by atoms with Crippen molar-refractivity contribution in [2.24, 2.45) is 5.73 Å². The van der Waals surface area contributed by atoms with E-state index in [1.54, 1.807) is 10.8 Å². The minimum atomic E-state index is -0.504. The number of hydrogen-bond donors (Lipinski definition) is 1. The maximum absolute atomic E-state index is 12.6. The zero-order chi connectivity index (χ0) is 17.9. The standard InChI is InChI=1S/C18H21N7O/c19-15(12-14-4-2-1-3-5-14)18(26)24-10-8-23(9-11-24)17-7-6-16-21-20-13-25(16)22-17/h1-7,13,15H,8-12,19H2. The van der Waals surface area contributed by atoms with Crippen molar-refractivity contribution >= 4 is 17.4 Å². The van der Waals surface area contributed by atoms with Crippen molar-refractivity contribution in [3.63, 3.8) is 0 Å². The molecule has 8 heteroatoms. The Labute approximate surface area is 151 Å². The number of carbonyl (C=O) groups is 1. The number of fused-ring (bicyclic) bond motifs is 1. The summed E-state index contributed by atoms with van der Waals surface area (Å²) in [7, 11) is 0. The number of hydrogen-bond acceptors (Lipinski definition) is 6. The number of nitrogens with zero attached hydrogens (tertiary/aromatic N) is 6. The van der Waals surface area contributed by atoms with Crippen LogP contribution in [0.3, 0.4) is 0 Å². The van der Waals surface area contributed by atoms with Crippen LogP contribution in [0.25, 0.3) is 5.65 Å². The molecular weight excluding hydrogens is 330 g/mol. The lowest BCUT2D eigenvalue weighted by Gasteiger charge is -2.36. The molecule has 0 radical (unpaired) electrons. The molecule has 1 saturated heterocycles. The highest BCUT2D eigenvalue weighted by Gasteiger charge is 2.26. The molecule has 1 aromatic carbocycles. The summed E-state index contributed by atoms with van der Waals surface area (Å²) < 4.78 is 1.66. The van der Waals surface area contributed by atoms with Crippen LogP contribution in [0.4, 0.5) is 5.82 Å². The first kappa shape index (κ1) is 16.5. The summed E-state index contributed by atoms with van der Waals surface area (Å²) in [6, 6.07) is 13.2. The van der Waals surface area contributed by atoms with E-state index in [0.717, 1.165) is 30.1 Å². The van der Waals surface area contributed by atoms with Crippen molar-refractivity contribution in [1.29, 1.82) is 0 Å². The normalized spacial score (nSPS) is 16.0. The molecule has 0 bridgehead atoms. The fraction of sp³-hybridized carbons (Fsp3) is 0.333. The number of rotatable bonds is 4. The molecule has 0 spiro atoms. The van der Waals surface area contributed by atoms with Gasteiger partial charge < -0.3 is 15.5 Å². The van der Waals surface area contributed by atoms with Crippen LogP contribution in [-0.4, -0.2) is 62.8 Å². The SMILES string of the molecule is NC(Cc1ccccc1)C(=O)N1CCN(c2ccc3nncn3n2)CC1. The summed E-state index contributed by atoms with van der Waals surface area (Å²) in [6.07, 6.45) is 2.15. The molecule has 2 N–H and O–H groups in total.